The quantitative estimate of drug-likeness (QED) is 0.334. The molecule has 2 heterocycles. The van der Waals surface area contributed by atoms with E-state index in [9.17, 15) is 8.78 Å². The zero-order valence-corrected chi connectivity index (χ0v) is 19.7. The maximum absolute atomic E-state index is 14.5. The summed E-state index contributed by atoms with van der Waals surface area (Å²) in [5.41, 5.74) is 4.17. The van der Waals surface area contributed by atoms with Crippen molar-refractivity contribution in [1.29, 1.82) is 0 Å². The number of halogens is 2. The van der Waals surface area contributed by atoms with Crippen molar-refractivity contribution >= 4 is 0 Å². The molecule has 9 heteroatoms. The van der Waals surface area contributed by atoms with E-state index in [1.54, 1.807) is 11.6 Å². The van der Waals surface area contributed by atoms with Crippen LogP contribution >= 0.6 is 0 Å². The summed E-state index contributed by atoms with van der Waals surface area (Å²) in [5, 5.41) is 18.4. The minimum absolute atomic E-state index is 0.0417. The summed E-state index contributed by atoms with van der Waals surface area (Å²) in [4.78, 5) is 4.26. The number of benzene rings is 2. The first-order chi connectivity index (χ1) is 16.4. The number of aromatic amines is 1. The lowest BCUT2D eigenvalue weighted by Crippen LogP contribution is -2.15. The first kappa shape index (κ1) is 23.7. The summed E-state index contributed by atoms with van der Waals surface area (Å²) in [6, 6.07) is 16.1. The van der Waals surface area contributed by atoms with Gasteiger partial charge in [0.2, 0.25) is 5.82 Å². The molecular formula is C25H29F2N7. The molecule has 0 bridgehead atoms. The number of H-pyrrole nitrogens is 1. The van der Waals surface area contributed by atoms with Crippen LogP contribution in [0.2, 0.25) is 0 Å². The normalized spacial score (nSPS) is 12.7. The van der Waals surface area contributed by atoms with Crippen LogP contribution in [0.25, 0.3) is 11.4 Å². The third-order valence-corrected chi connectivity index (χ3v) is 6.01. The van der Waals surface area contributed by atoms with Gasteiger partial charge < -0.3 is 0 Å². The van der Waals surface area contributed by atoms with Gasteiger partial charge in [-0.1, -0.05) is 69.3 Å². The second-order valence-corrected chi connectivity index (χ2v) is 8.62. The third kappa shape index (κ3) is 5.18. The lowest BCUT2D eigenvalue weighted by atomic mass is 9.98. The van der Waals surface area contributed by atoms with E-state index in [-0.39, 0.29) is 18.2 Å². The van der Waals surface area contributed by atoms with E-state index in [4.69, 9.17) is 0 Å². The van der Waals surface area contributed by atoms with Crippen molar-refractivity contribution in [3.05, 3.63) is 76.9 Å². The van der Waals surface area contributed by atoms with Gasteiger partial charge in [-0.05, 0) is 46.4 Å². The van der Waals surface area contributed by atoms with E-state index in [0.29, 0.717) is 31.0 Å². The summed E-state index contributed by atoms with van der Waals surface area (Å²) < 4.78 is 30.6. The molecule has 0 aliphatic rings. The molecule has 2 aromatic heterocycles. The summed E-state index contributed by atoms with van der Waals surface area (Å²) in [6.45, 7) is 6.15. The average Bonchev–Trinajstić information content (AvgIpc) is 3.51. The van der Waals surface area contributed by atoms with Gasteiger partial charge >= 0.3 is 5.92 Å². The highest BCUT2D eigenvalue weighted by Crippen LogP contribution is 2.32. The summed E-state index contributed by atoms with van der Waals surface area (Å²) in [5.74, 6) is -2.11. The molecule has 0 radical (unpaired) electrons. The topological polar surface area (TPSA) is 85.2 Å². The Bertz CT molecular complexity index is 1200. The van der Waals surface area contributed by atoms with Crippen molar-refractivity contribution in [2.45, 2.75) is 64.8 Å². The van der Waals surface area contributed by atoms with Gasteiger partial charge in [0.05, 0.1) is 6.54 Å². The molecule has 4 aromatic rings. The van der Waals surface area contributed by atoms with Crippen molar-refractivity contribution in [2.24, 2.45) is 0 Å². The summed E-state index contributed by atoms with van der Waals surface area (Å²) in [7, 11) is 0. The molecule has 1 atom stereocenters. The number of nitrogens with one attached hydrogen (secondary N) is 1. The zero-order valence-electron chi connectivity index (χ0n) is 19.7. The summed E-state index contributed by atoms with van der Waals surface area (Å²) >= 11 is 0. The molecule has 7 nitrogen and oxygen atoms in total. The Morgan fingerprint density at radius 1 is 1.03 bits per heavy atom. The molecule has 0 saturated heterocycles. The molecule has 1 unspecified atom stereocenters. The summed E-state index contributed by atoms with van der Waals surface area (Å²) in [6.07, 6.45) is 1.64. The lowest BCUT2D eigenvalue weighted by molar-refractivity contribution is -0.0232. The molecule has 0 aliphatic carbocycles. The maximum atomic E-state index is 14.5. The molecule has 0 spiro atoms. The van der Waals surface area contributed by atoms with Gasteiger partial charge in [-0.25, -0.2) is 14.8 Å². The molecule has 1 N–H and O–H groups in total. The van der Waals surface area contributed by atoms with Gasteiger partial charge in [0.25, 0.3) is 0 Å². The second-order valence-electron chi connectivity index (χ2n) is 8.62. The van der Waals surface area contributed by atoms with E-state index in [1.165, 1.54) is 0 Å². The number of hydrogen-bond donors (Lipinski definition) is 1. The van der Waals surface area contributed by atoms with Gasteiger partial charge in [0, 0.05) is 17.9 Å². The van der Waals surface area contributed by atoms with Gasteiger partial charge in [-0.15, -0.1) is 10.2 Å². The van der Waals surface area contributed by atoms with Crippen molar-refractivity contribution in [1.82, 2.24) is 35.4 Å². The largest absolute Gasteiger partial charge is 0.308 e. The fourth-order valence-electron chi connectivity index (χ4n) is 3.93. The van der Waals surface area contributed by atoms with E-state index < -0.39 is 5.92 Å². The monoisotopic (exact) mass is 465 g/mol. The Hall–Kier alpha value is -3.49. The number of rotatable bonds is 10. The second kappa shape index (κ2) is 10.2. The van der Waals surface area contributed by atoms with E-state index in [1.807, 2.05) is 44.2 Å². The van der Waals surface area contributed by atoms with Crippen LogP contribution in [0.4, 0.5) is 8.78 Å². The highest BCUT2D eigenvalue weighted by atomic mass is 19.3. The van der Waals surface area contributed by atoms with Crippen LogP contribution in [-0.2, 0) is 18.9 Å². The smallest absolute Gasteiger partial charge is 0.245 e. The lowest BCUT2D eigenvalue weighted by Gasteiger charge is -2.11. The van der Waals surface area contributed by atoms with E-state index in [2.05, 4.69) is 48.9 Å². The Morgan fingerprint density at radius 3 is 2.44 bits per heavy atom. The zero-order chi connectivity index (χ0) is 24.1. The number of hydrogen-bond acceptors (Lipinski definition) is 5. The maximum Gasteiger partial charge on any atom is 0.308 e. The molecule has 0 aliphatic heterocycles. The fraction of sp³-hybridized carbons (Fsp3) is 0.400. The van der Waals surface area contributed by atoms with Gasteiger partial charge in [0.15, 0.2) is 5.82 Å². The highest BCUT2D eigenvalue weighted by molar-refractivity contribution is 5.60. The van der Waals surface area contributed by atoms with Crippen molar-refractivity contribution in [3.8, 4) is 11.4 Å². The van der Waals surface area contributed by atoms with Crippen LogP contribution in [0.5, 0.6) is 0 Å². The molecule has 178 valence electrons. The van der Waals surface area contributed by atoms with Crippen LogP contribution in [-0.4, -0.2) is 35.4 Å². The fourth-order valence-corrected chi connectivity index (χ4v) is 3.93. The predicted octanol–water partition coefficient (Wildman–Crippen LogP) is 5.50. The van der Waals surface area contributed by atoms with Gasteiger partial charge in [-0.2, -0.15) is 8.78 Å². The first-order valence-electron chi connectivity index (χ1n) is 11.6. The van der Waals surface area contributed by atoms with Crippen LogP contribution in [0.15, 0.2) is 48.5 Å². The Balaban J connectivity index is 1.54. The van der Waals surface area contributed by atoms with Crippen LogP contribution in [0, 0.1) is 0 Å². The highest BCUT2D eigenvalue weighted by Gasteiger charge is 2.36. The standard InChI is InChI=1S/C25H29F2N7/c1-4-14-25(26,27)24-28-23(17(3)5-2)34(31-24)16-19-12-10-18(11-13-19)15-20-8-6-7-9-21(20)22-29-32-33-30-22/h6-13,17H,4-5,14-16H2,1-3H3,(H,29,30,32,33). The molecule has 34 heavy (non-hydrogen) atoms. The van der Waals surface area contributed by atoms with E-state index in [0.717, 1.165) is 28.7 Å². The van der Waals surface area contributed by atoms with Gasteiger partial charge in [-0.3, -0.25) is 0 Å². The average molecular weight is 466 g/mol. The SMILES string of the molecule is CCCC(F)(F)c1nc(C(C)CC)n(Cc2ccc(Cc3ccccc3-c3nnn[nH]3)cc2)n1. The number of aromatic nitrogens is 7. The molecule has 0 saturated carbocycles. The number of nitrogens with zero attached hydrogens (tertiary/aromatic N) is 6. The molecule has 0 fully saturated rings. The minimum atomic E-state index is -3.02. The molecule has 4 rings (SSSR count). The van der Waals surface area contributed by atoms with Crippen molar-refractivity contribution in [2.75, 3.05) is 0 Å². The van der Waals surface area contributed by atoms with Crippen LogP contribution < -0.4 is 0 Å². The molecule has 2 aromatic carbocycles. The predicted molar refractivity (Wildman–Crippen MR) is 125 cm³/mol. The third-order valence-electron chi connectivity index (χ3n) is 6.01. The molecule has 0 amide bonds. The number of tetrazole rings is 1. The van der Waals surface area contributed by atoms with Crippen LogP contribution in [0.3, 0.4) is 0 Å². The Morgan fingerprint density at radius 2 is 1.76 bits per heavy atom. The first-order valence-corrected chi connectivity index (χ1v) is 11.6. The molecular weight excluding hydrogens is 436 g/mol. The van der Waals surface area contributed by atoms with E-state index >= 15 is 0 Å². The number of alkyl halides is 2. The minimum Gasteiger partial charge on any atom is -0.245 e. The van der Waals surface area contributed by atoms with Crippen molar-refractivity contribution < 1.29 is 8.78 Å². The van der Waals surface area contributed by atoms with Crippen molar-refractivity contribution in [3.63, 3.8) is 0 Å². The van der Waals surface area contributed by atoms with Gasteiger partial charge in [0.1, 0.15) is 5.82 Å². The Kier molecular flexibility index (Phi) is 7.09. The van der Waals surface area contributed by atoms with Crippen LogP contribution in [0.1, 0.15) is 74.3 Å². The Labute approximate surface area is 197 Å².